The Hall–Kier alpha value is -2.29. The molecule has 3 rings (SSSR count). The van der Waals surface area contributed by atoms with Gasteiger partial charge < -0.3 is 20.5 Å². The lowest BCUT2D eigenvalue weighted by Gasteiger charge is -2.28. The van der Waals surface area contributed by atoms with Gasteiger partial charge in [0.15, 0.2) is 0 Å². The third-order valence-corrected chi connectivity index (χ3v) is 6.18. The number of halogens is 2. The van der Waals surface area contributed by atoms with Crippen LogP contribution in [0.3, 0.4) is 0 Å². The number of pyridine rings is 1. The molecule has 0 bridgehead atoms. The monoisotopic (exact) mass is 453 g/mol. The van der Waals surface area contributed by atoms with Gasteiger partial charge in [-0.25, -0.2) is 18.6 Å². The molecule has 0 saturated heterocycles. The molecule has 1 fully saturated rings. The predicted molar refractivity (Wildman–Crippen MR) is 116 cm³/mol. The van der Waals surface area contributed by atoms with Crippen molar-refractivity contribution in [2.75, 3.05) is 25.1 Å². The van der Waals surface area contributed by atoms with Crippen molar-refractivity contribution in [2.24, 2.45) is 5.92 Å². The highest BCUT2D eigenvalue weighted by atomic mass is 19.3. The fourth-order valence-electron chi connectivity index (χ4n) is 4.17. The third-order valence-electron chi connectivity index (χ3n) is 6.18. The molecule has 178 valence electrons. The number of alkyl halides is 2. The van der Waals surface area contributed by atoms with Crippen molar-refractivity contribution in [3.05, 3.63) is 23.4 Å². The van der Waals surface area contributed by atoms with Crippen molar-refractivity contribution in [3.63, 3.8) is 0 Å². The molecule has 1 aliphatic heterocycles. The van der Waals surface area contributed by atoms with Gasteiger partial charge in [0.25, 0.3) is 0 Å². The van der Waals surface area contributed by atoms with Crippen LogP contribution in [0, 0.1) is 5.92 Å². The Bertz CT molecular complexity index is 781. The number of aryl methyl sites for hydroxylation is 2. The number of fused-ring (bicyclic) bond motifs is 1. The van der Waals surface area contributed by atoms with Crippen LogP contribution in [0.25, 0.3) is 0 Å². The molecule has 1 amide bonds. The lowest BCUT2D eigenvalue weighted by atomic mass is 9.86. The van der Waals surface area contributed by atoms with E-state index in [9.17, 15) is 23.5 Å². The number of hydrogen-bond donors (Lipinski definition) is 3. The molecule has 7 nitrogen and oxygen atoms in total. The normalized spacial score (nSPS) is 18.9. The van der Waals surface area contributed by atoms with Crippen LogP contribution in [0.4, 0.5) is 14.6 Å². The molecule has 0 radical (unpaired) electrons. The Kier molecular flexibility index (Phi) is 8.78. The zero-order valence-corrected chi connectivity index (χ0v) is 18.4. The molecule has 1 atom stereocenters. The zero-order valence-electron chi connectivity index (χ0n) is 18.4. The van der Waals surface area contributed by atoms with Gasteiger partial charge in [0.05, 0.1) is 0 Å². The minimum atomic E-state index is -2.72. The van der Waals surface area contributed by atoms with Crippen molar-refractivity contribution in [3.8, 4) is 0 Å². The average molecular weight is 454 g/mol. The lowest BCUT2D eigenvalue weighted by Crippen LogP contribution is -2.45. The van der Waals surface area contributed by atoms with E-state index in [4.69, 9.17) is 4.74 Å². The zero-order chi connectivity index (χ0) is 23.0. The molecule has 1 saturated carbocycles. The van der Waals surface area contributed by atoms with E-state index in [0.717, 1.165) is 50.2 Å². The summed E-state index contributed by atoms with van der Waals surface area (Å²) in [6.07, 6.45) is 4.44. The molecule has 0 aromatic carbocycles. The first kappa shape index (κ1) is 24.4. The molecule has 2 aliphatic rings. The SMILES string of the molecule is O=C(NC(CCOCCCCc1ccc2c(n1)NCCC2)C(=O)O)C1CCC(F)(F)CC1. The van der Waals surface area contributed by atoms with Gasteiger partial charge >= 0.3 is 5.97 Å². The van der Waals surface area contributed by atoms with E-state index in [2.05, 4.69) is 27.8 Å². The molecule has 9 heteroatoms. The van der Waals surface area contributed by atoms with Gasteiger partial charge in [0.1, 0.15) is 11.9 Å². The second kappa shape index (κ2) is 11.5. The van der Waals surface area contributed by atoms with E-state index in [1.807, 2.05) is 0 Å². The molecule has 3 N–H and O–H groups in total. The number of unbranched alkanes of at least 4 members (excludes halogenated alkanes) is 1. The van der Waals surface area contributed by atoms with Gasteiger partial charge in [-0.15, -0.1) is 0 Å². The molecule has 1 aromatic rings. The van der Waals surface area contributed by atoms with Gasteiger partial charge in [-0.05, 0) is 56.6 Å². The van der Waals surface area contributed by atoms with E-state index < -0.39 is 29.8 Å². The first-order valence-corrected chi connectivity index (χ1v) is 11.6. The first-order valence-electron chi connectivity index (χ1n) is 11.6. The summed E-state index contributed by atoms with van der Waals surface area (Å²) in [5.41, 5.74) is 2.32. The van der Waals surface area contributed by atoms with Crippen LogP contribution in [0.5, 0.6) is 0 Å². The molecule has 1 aliphatic carbocycles. The summed E-state index contributed by atoms with van der Waals surface area (Å²) < 4.78 is 32.0. The summed E-state index contributed by atoms with van der Waals surface area (Å²) in [6, 6.07) is 3.14. The number of carboxylic acid groups (broad SMARTS) is 1. The number of ether oxygens (including phenoxy) is 1. The lowest BCUT2D eigenvalue weighted by molar-refractivity contribution is -0.144. The number of nitrogens with zero attached hydrogens (tertiary/aromatic N) is 1. The molecule has 0 spiro atoms. The highest BCUT2D eigenvalue weighted by Gasteiger charge is 2.38. The number of amides is 1. The summed E-state index contributed by atoms with van der Waals surface area (Å²) in [5, 5.41) is 15.2. The van der Waals surface area contributed by atoms with E-state index in [1.54, 1.807) is 0 Å². The van der Waals surface area contributed by atoms with Crippen molar-refractivity contribution in [1.82, 2.24) is 10.3 Å². The minimum absolute atomic E-state index is 0.0802. The quantitative estimate of drug-likeness (QED) is 0.443. The average Bonchev–Trinajstić information content (AvgIpc) is 2.77. The number of carbonyl (C=O) groups excluding carboxylic acids is 1. The van der Waals surface area contributed by atoms with Crippen LogP contribution < -0.4 is 10.6 Å². The van der Waals surface area contributed by atoms with Crippen LogP contribution in [0.15, 0.2) is 12.1 Å². The summed E-state index contributed by atoms with van der Waals surface area (Å²) in [6.45, 7) is 1.67. The Balaban J connectivity index is 1.29. The van der Waals surface area contributed by atoms with Crippen LogP contribution in [-0.2, 0) is 27.2 Å². The van der Waals surface area contributed by atoms with Gasteiger partial charge in [0, 0.05) is 50.6 Å². The first-order chi connectivity index (χ1) is 15.3. The van der Waals surface area contributed by atoms with Gasteiger partial charge in [-0.1, -0.05) is 6.07 Å². The van der Waals surface area contributed by atoms with E-state index in [1.165, 1.54) is 5.56 Å². The maximum atomic E-state index is 13.2. The molecular formula is C23H33F2N3O4. The third kappa shape index (κ3) is 7.39. The van der Waals surface area contributed by atoms with Crippen LogP contribution in [-0.4, -0.2) is 53.7 Å². The largest absolute Gasteiger partial charge is 0.480 e. The van der Waals surface area contributed by atoms with Gasteiger partial charge in [-0.3, -0.25) is 4.79 Å². The Morgan fingerprint density at radius 3 is 2.78 bits per heavy atom. The summed E-state index contributed by atoms with van der Waals surface area (Å²) in [7, 11) is 0. The number of rotatable bonds is 11. The van der Waals surface area contributed by atoms with Crippen molar-refractivity contribution in [1.29, 1.82) is 0 Å². The molecule has 1 unspecified atom stereocenters. The summed E-state index contributed by atoms with van der Waals surface area (Å²) in [4.78, 5) is 28.4. The highest BCUT2D eigenvalue weighted by molar-refractivity contribution is 5.85. The van der Waals surface area contributed by atoms with Gasteiger partial charge in [-0.2, -0.15) is 0 Å². The maximum absolute atomic E-state index is 13.2. The highest BCUT2D eigenvalue weighted by Crippen LogP contribution is 2.36. The Morgan fingerprint density at radius 2 is 2.03 bits per heavy atom. The Morgan fingerprint density at radius 1 is 1.25 bits per heavy atom. The van der Waals surface area contributed by atoms with E-state index in [-0.39, 0.29) is 38.7 Å². The number of hydrogen-bond acceptors (Lipinski definition) is 5. The van der Waals surface area contributed by atoms with E-state index in [0.29, 0.717) is 6.61 Å². The maximum Gasteiger partial charge on any atom is 0.326 e. The van der Waals surface area contributed by atoms with Gasteiger partial charge in [0.2, 0.25) is 11.8 Å². The number of anilines is 1. The van der Waals surface area contributed by atoms with Crippen molar-refractivity contribution < 1.29 is 28.2 Å². The standard InChI is InChI=1S/C23H33F2N3O4/c24-23(25)11-8-17(9-12-23)21(29)28-19(22(30)31)10-15-32-14-2-1-5-18-7-6-16-4-3-13-26-20(16)27-18/h6-7,17,19H,1-5,8-15H2,(H,26,27)(H,28,29)(H,30,31). The fraction of sp³-hybridized carbons (Fsp3) is 0.696. The minimum Gasteiger partial charge on any atom is -0.480 e. The number of nitrogens with one attached hydrogen (secondary N) is 2. The molecule has 2 heterocycles. The molecule has 1 aromatic heterocycles. The number of aromatic nitrogens is 1. The predicted octanol–water partition coefficient (Wildman–Crippen LogP) is 3.56. The molecule has 32 heavy (non-hydrogen) atoms. The number of aliphatic carboxylic acids is 1. The second-order valence-electron chi connectivity index (χ2n) is 8.73. The Labute approximate surface area is 187 Å². The van der Waals surface area contributed by atoms with Crippen LogP contribution >= 0.6 is 0 Å². The van der Waals surface area contributed by atoms with Crippen molar-refractivity contribution in [2.45, 2.75) is 76.2 Å². The summed E-state index contributed by atoms with van der Waals surface area (Å²) in [5.74, 6) is -3.88. The van der Waals surface area contributed by atoms with Crippen LogP contribution in [0.2, 0.25) is 0 Å². The smallest absolute Gasteiger partial charge is 0.326 e. The number of carbonyl (C=O) groups is 2. The fourth-order valence-corrected chi connectivity index (χ4v) is 4.17. The summed E-state index contributed by atoms with van der Waals surface area (Å²) >= 11 is 0. The van der Waals surface area contributed by atoms with Crippen LogP contribution in [0.1, 0.15) is 62.6 Å². The number of carboxylic acids is 1. The molecular weight excluding hydrogens is 420 g/mol. The van der Waals surface area contributed by atoms with Crippen molar-refractivity contribution >= 4 is 17.7 Å². The van der Waals surface area contributed by atoms with E-state index >= 15 is 0 Å². The topological polar surface area (TPSA) is 101 Å². The second-order valence-corrected chi connectivity index (χ2v) is 8.73.